The molecule has 3 aromatic carbocycles. The molecule has 0 saturated heterocycles. The van der Waals surface area contributed by atoms with Crippen LogP contribution in [0.5, 0.6) is 0 Å². The molecule has 1 heterocycles. The summed E-state index contributed by atoms with van der Waals surface area (Å²) in [5, 5.41) is 13.1. The number of fused-ring (bicyclic) bond motifs is 1. The summed E-state index contributed by atoms with van der Waals surface area (Å²) in [6.07, 6.45) is 2.88. The highest BCUT2D eigenvalue weighted by Gasteiger charge is 2.17. The first-order chi connectivity index (χ1) is 16.0. The lowest BCUT2D eigenvalue weighted by molar-refractivity contribution is 0.0949. The number of para-hydroxylation sites is 1. The molecule has 33 heavy (non-hydrogen) atoms. The van der Waals surface area contributed by atoms with E-state index >= 15 is 0 Å². The van der Waals surface area contributed by atoms with Crippen molar-refractivity contribution in [1.82, 2.24) is 9.88 Å². The Morgan fingerprint density at radius 2 is 1.76 bits per heavy atom. The fraction of sp³-hybridized carbons (Fsp3) is 0.154. The molecule has 0 bridgehead atoms. The molecule has 0 fully saturated rings. The summed E-state index contributed by atoms with van der Waals surface area (Å²) < 4.78 is 2.89. The molecule has 0 aliphatic rings. The Balaban J connectivity index is 1.80. The van der Waals surface area contributed by atoms with E-state index in [9.17, 15) is 14.7 Å². The van der Waals surface area contributed by atoms with Gasteiger partial charge in [0, 0.05) is 33.3 Å². The Kier molecular flexibility index (Phi) is 7.47. The summed E-state index contributed by atoms with van der Waals surface area (Å²) in [5.74, 6) is -0.433. The first kappa shape index (κ1) is 23.5. The lowest BCUT2D eigenvalue weighted by atomic mass is 10.0. The van der Waals surface area contributed by atoms with Crippen LogP contribution >= 0.6 is 34.2 Å². The minimum Gasteiger partial charge on any atom is -0.396 e. The van der Waals surface area contributed by atoms with Gasteiger partial charge in [0.25, 0.3) is 5.91 Å². The highest BCUT2D eigenvalue weighted by Crippen LogP contribution is 2.23. The Hall–Kier alpha value is -2.68. The number of aromatic nitrogens is 1. The van der Waals surface area contributed by atoms with Gasteiger partial charge < -0.3 is 15.0 Å². The van der Waals surface area contributed by atoms with Crippen LogP contribution in [0.4, 0.5) is 0 Å². The first-order valence-corrected chi connectivity index (χ1v) is 12.0. The topological polar surface area (TPSA) is 71.3 Å². The molecule has 5 nitrogen and oxygen atoms in total. The zero-order valence-electron chi connectivity index (χ0n) is 17.7. The van der Waals surface area contributed by atoms with E-state index in [4.69, 9.17) is 11.6 Å². The minimum absolute atomic E-state index is 0.0791. The highest BCUT2D eigenvalue weighted by atomic mass is 127. The fourth-order valence-corrected chi connectivity index (χ4v) is 4.48. The molecule has 0 aliphatic heterocycles. The van der Waals surface area contributed by atoms with Gasteiger partial charge in [0.15, 0.2) is 0 Å². The van der Waals surface area contributed by atoms with Crippen LogP contribution in [-0.2, 0) is 13.0 Å². The summed E-state index contributed by atoms with van der Waals surface area (Å²) >= 11 is 8.18. The van der Waals surface area contributed by atoms with Gasteiger partial charge in [-0.05, 0) is 83.0 Å². The Labute approximate surface area is 210 Å². The van der Waals surface area contributed by atoms with Gasteiger partial charge in [0.2, 0.25) is 5.43 Å². The van der Waals surface area contributed by atoms with E-state index in [1.54, 1.807) is 18.3 Å². The molecule has 168 valence electrons. The molecule has 1 aromatic heterocycles. The van der Waals surface area contributed by atoms with Crippen LogP contribution in [-0.4, -0.2) is 22.2 Å². The lowest BCUT2D eigenvalue weighted by Gasteiger charge is -2.16. The third-order valence-electron chi connectivity index (χ3n) is 5.41. The maximum absolute atomic E-state index is 13.4. The number of carbonyl (C=O) groups excluding carboxylic acids is 1. The van der Waals surface area contributed by atoms with E-state index in [1.807, 2.05) is 59.2 Å². The van der Waals surface area contributed by atoms with E-state index in [0.29, 0.717) is 23.3 Å². The van der Waals surface area contributed by atoms with Gasteiger partial charge in [0.1, 0.15) is 5.56 Å². The van der Waals surface area contributed by atoms with Crippen molar-refractivity contribution in [3.8, 4) is 5.69 Å². The summed E-state index contributed by atoms with van der Waals surface area (Å²) in [6.45, 7) is 0.366. The fourth-order valence-electron chi connectivity index (χ4n) is 3.70. The molecule has 4 aromatic rings. The number of aryl methyl sites for hydroxylation is 1. The molecule has 7 heteroatoms. The van der Waals surface area contributed by atoms with E-state index in [2.05, 4.69) is 27.9 Å². The minimum atomic E-state index is -0.433. The van der Waals surface area contributed by atoms with Crippen LogP contribution < -0.4 is 10.7 Å². The van der Waals surface area contributed by atoms with Crippen molar-refractivity contribution in [2.75, 3.05) is 6.61 Å². The number of nitrogens with one attached hydrogen (secondary N) is 1. The van der Waals surface area contributed by atoms with E-state index in [1.165, 1.54) is 0 Å². The molecule has 2 N–H and O–H groups in total. The van der Waals surface area contributed by atoms with E-state index in [0.717, 1.165) is 25.9 Å². The molecule has 1 amide bonds. The normalized spacial score (nSPS) is 11.0. The molecular formula is C26H22ClIN2O3. The molecular weight excluding hydrogens is 551 g/mol. The summed E-state index contributed by atoms with van der Waals surface area (Å²) in [4.78, 5) is 26.5. The van der Waals surface area contributed by atoms with Gasteiger partial charge in [-0.15, -0.1) is 0 Å². The molecule has 0 aliphatic carbocycles. The second-order valence-electron chi connectivity index (χ2n) is 7.68. The third-order valence-corrected chi connectivity index (χ3v) is 6.58. The van der Waals surface area contributed by atoms with Crippen LogP contribution in [0.3, 0.4) is 0 Å². The maximum atomic E-state index is 13.4. The number of aliphatic hydroxyl groups excluding tert-OH is 1. The quantitative estimate of drug-likeness (QED) is 0.303. The molecule has 0 saturated carbocycles. The number of carbonyl (C=O) groups is 1. The van der Waals surface area contributed by atoms with E-state index in [-0.39, 0.29) is 24.1 Å². The van der Waals surface area contributed by atoms with Crippen LogP contribution in [0.15, 0.2) is 77.7 Å². The highest BCUT2D eigenvalue weighted by molar-refractivity contribution is 14.1. The number of hydrogen-bond acceptors (Lipinski definition) is 3. The smallest absolute Gasteiger partial charge is 0.257 e. The van der Waals surface area contributed by atoms with Crippen molar-refractivity contribution in [3.63, 3.8) is 0 Å². The van der Waals surface area contributed by atoms with Crippen molar-refractivity contribution >= 4 is 51.0 Å². The number of amides is 1. The number of benzene rings is 3. The standard InChI is InChI=1S/C26H22ClIN2O3/c27-19-10-7-18(8-11-19)15-29-26(33)21-16-30(24-6-2-1-5-22(24)28)23-12-9-17(4-3-13-31)14-20(23)25(21)32/h1-2,5-12,14,16,31H,3-4,13,15H2,(H,29,33). The second kappa shape index (κ2) is 10.5. The number of halogens is 2. The predicted octanol–water partition coefficient (Wildman–Crippen LogP) is 5.10. The third kappa shape index (κ3) is 5.29. The van der Waals surface area contributed by atoms with Crippen LogP contribution in [0.25, 0.3) is 16.6 Å². The van der Waals surface area contributed by atoms with Gasteiger partial charge >= 0.3 is 0 Å². The van der Waals surface area contributed by atoms with Crippen molar-refractivity contribution in [3.05, 3.63) is 108 Å². The van der Waals surface area contributed by atoms with Crippen LogP contribution in [0, 0.1) is 3.57 Å². The van der Waals surface area contributed by atoms with Crippen molar-refractivity contribution < 1.29 is 9.90 Å². The Morgan fingerprint density at radius 3 is 2.48 bits per heavy atom. The number of rotatable bonds is 7. The van der Waals surface area contributed by atoms with Crippen molar-refractivity contribution in [2.45, 2.75) is 19.4 Å². The molecule has 0 atom stereocenters. The largest absolute Gasteiger partial charge is 0.396 e. The van der Waals surface area contributed by atoms with Crippen LogP contribution in [0.1, 0.15) is 27.9 Å². The zero-order valence-corrected chi connectivity index (χ0v) is 20.6. The number of hydrogen-bond donors (Lipinski definition) is 2. The second-order valence-corrected chi connectivity index (χ2v) is 9.28. The van der Waals surface area contributed by atoms with E-state index < -0.39 is 5.91 Å². The van der Waals surface area contributed by atoms with Gasteiger partial charge in [0.05, 0.1) is 11.2 Å². The van der Waals surface area contributed by atoms with Gasteiger partial charge in [-0.3, -0.25) is 9.59 Å². The van der Waals surface area contributed by atoms with Crippen molar-refractivity contribution in [2.24, 2.45) is 0 Å². The first-order valence-electron chi connectivity index (χ1n) is 10.5. The summed E-state index contributed by atoms with van der Waals surface area (Å²) in [5.41, 5.74) is 3.21. The van der Waals surface area contributed by atoms with Gasteiger partial charge in [-0.1, -0.05) is 41.9 Å². The van der Waals surface area contributed by atoms with Gasteiger partial charge in [-0.2, -0.15) is 0 Å². The summed E-state index contributed by atoms with van der Waals surface area (Å²) in [7, 11) is 0. The van der Waals surface area contributed by atoms with Crippen LogP contribution in [0.2, 0.25) is 5.02 Å². The molecule has 0 unspecified atom stereocenters. The zero-order chi connectivity index (χ0) is 23.4. The SMILES string of the molecule is O=C(NCc1ccc(Cl)cc1)c1cn(-c2ccccc2I)c2ccc(CCCO)cc2c1=O. The maximum Gasteiger partial charge on any atom is 0.257 e. The monoisotopic (exact) mass is 572 g/mol. The Morgan fingerprint density at radius 1 is 1.03 bits per heavy atom. The van der Waals surface area contributed by atoms with Crippen molar-refractivity contribution in [1.29, 1.82) is 0 Å². The number of aliphatic hydroxyl groups is 1. The molecule has 0 spiro atoms. The summed E-state index contributed by atoms with van der Waals surface area (Å²) in [6, 6.07) is 20.7. The number of pyridine rings is 1. The van der Waals surface area contributed by atoms with Gasteiger partial charge in [-0.25, -0.2) is 0 Å². The predicted molar refractivity (Wildman–Crippen MR) is 140 cm³/mol. The Bertz CT molecular complexity index is 1370. The molecule has 4 rings (SSSR count). The average molecular weight is 573 g/mol. The number of nitrogens with zero attached hydrogens (tertiary/aromatic N) is 1. The average Bonchev–Trinajstić information content (AvgIpc) is 2.83. The lowest BCUT2D eigenvalue weighted by Crippen LogP contribution is -2.29. The molecule has 0 radical (unpaired) electrons.